The van der Waals surface area contributed by atoms with Crippen LogP contribution in [-0.2, 0) is 4.74 Å². The van der Waals surface area contributed by atoms with Crippen LogP contribution < -0.4 is 10.1 Å². The molecule has 1 unspecified atom stereocenters. The highest BCUT2D eigenvalue weighted by molar-refractivity contribution is 5.43. The maximum absolute atomic E-state index is 5.42. The normalized spacial score (nSPS) is 20.0. The van der Waals surface area contributed by atoms with Gasteiger partial charge in [0.2, 0.25) is 5.88 Å². The number of hydrogen-bond acceptors (Lipinski definition) is 5. The van der Waals surface area contributed by atoms with Gasteiger partial charge < -0.3 is 19.7 Å². The van der Waals surface area contributed by atoms with Gasteiger partial charge in [-0.2, -0.15) is 0 Å². The quantitative estimate of drug-likeness (QED) is 0.770. The highest BCUT2D eigenvalue weighted by atomic mass is 16.5. The summed E-state index contributed by atoms with van der Waals surface area (Å²) < 4.78 is 10.3. The number of pyridine rings is 1. The van der Waals surface area contributed by atoms with E-state index in [0.717, 1.165) is 18.8 Å². The predicted octanol–water partition coefficient (Wildman–Crippen LogP) is 1.22. The number of nitrogens with zero attached hydrogens (tertiary/aromatic N) is 2. The van der Waals surface area contributed by atoms with Gasteiger partial charge in [-0.15, -0.1) is 0 Å². The van der Waals surface area contributed by atoms with Gasteiger partial charge in [0.05, 0.1) is 18.5 Å². The third-order valence-corrected chi connectivity index (χ3v) is 3.04. The summed E-state index contributed by atoms with van der Waals surface area (Å²) in [5.41, 5.74) is 1.05. The van der Waals surface area contributed by atoms with Gasteiger partial charge in [-0.25, -0.2) is 4.98 Å². The summed E-state index contributed by atoms with van der Waals surface area (Å²) in [6.45, 7) is 3.36. The molecule has 18 heavy (non-hydrogen) atoms. The van der Waals surface area contributed by atoms with E-state index in [9.17, 15) is 0 Å². The van der Waals surface area contributed by atoms with E-state index in [1.807, 2.05) is 18.3 Å². The van der Waals surface area contributed by atoms with E-state index >= 15 is 0 Å². The molecule has 0 spiro atoms. The fourth-order valence-corrected chi connectivity index (χ4v) is 2.07. The highest BCUT2D eigenvalue weighted by Crippen LogP contribution is 2.16. The second-order valence-electron chi connectivity index (χ2n) is 4.62. The van der Waals surface area contributed by atoms with Crippen LogP contribution in [0.3, 0.4) is 0 Å². The van der Waals surface area contributed by atoms with E-state index < -0.39 is 0 Å². The molecule has 0 aliphatic carbocycles. The van der Waals surface area contributed by atoms with E-state index in [-0.39, 0.29) is 0 Å². The van der Waals surface area contributed by atoms with Gasteiger partial charge in [0.1, 0.15) is 6.61 Å². The number of likely N-dealkylation sites (tertiary alicyclic amines) is 1. The lowest BCUT2D eigenvalue weighted by Crippen LogP contribution is -2.23. The molecular formula is C13H21N3O2. The summed E-state index contributed by atoms with van der Waals surface area (Å²) in [5.74, 6) is 0.640. The van der Waals surface area contributed by atoms with Crippen LogP contribution in [0.4, 0.5) is 5.69 Å². The fraction of sp³-hybridized carbons (Fsp3) is 0.615. The van der Waals surface area contributed by atoms with Gasteiger partial charge in [0.15, 0.2) is 0 Å². The minimum Gasteiger partial charge on any atom is -0.475 e. The van der Waals surface area contributed by atoms with Gasteiger partial charge in [-0.3, -0.25) is 0 Å². The van der Waals surface area contributed by atoms with Crippen molar-refractivity contribution in [3.8, 4) is 5.88 Å². The third kappa shape index (κ3) is 3.85. The molecule has 2 heterocycles. The Hall–Kier alpha value is -1.33. The number of ether oxygens (including phenoxy) is 2. The van der Waals surface area contributed by atoms with Gasteiger partial charge in [-0.1, -0.05) is 0 Å². The zero-order valence-corrected chi connectivity index (χ0v) is 11.1. The Morgan fingerprint density at radius 3 is 2.94 bits per heavy atom. The number of likely N-dealkylation sites (N-methyl/N-ethyl adjacent to an activating group) is 1. The molecule has 0 radical (unpaired) electrons. The van der Waals surface area contributed by atoms with Crippen molar-refractivity contribution in [3.05, 3.63) is 18.3 Å². The molecular weight excluding hydrogens is 230 g/mol. The zero-order valence-electron chi connectivity index (χ0n) is 11.1. The van der Waals surface area contributed by atoms with E-state index in [2.05, 4.69) is 22.2 Å². The maximum Gasteiger partial charge on any atom is 0.213 e. The van der Waals surface area contributed by atoms with E-state index in [1.54, 1.807) is 7.11 Å². The molecule has 5 heteroatoms. The zero-order chi connectivity index (χ0) is 12.8. The number of aromatic nitrogens is 1. The average Bonchev–Trinajstić information content (AvgIpc) is 2.77. The second-order valence-corrected chi connectivity index (χ2v) is 4.62. The van der Waals surface area contributed by atoms with E-state index in [1.165, 1.54) is 6.42 Å². The Balaban J connectivity index is 1.80. The van der Waals surface area contributed by atoms with Gasteiger partial charge in [-0.05, 0) is 26.1 Å². The summed E-state index contributed by atoms with van der Waals surface area (Å²) in [4.78, 5) is 6.58. The van der Waals surface area contributed by atoms with Gasteiger partial charge in [0.25, 0.3) is 0 Å². The molecule has 1 aromatic heterocycles. The molecule has 100 valence electrons. The number of hydrogen-bond donors (Lipinski definition) is 1. The molecule has 1 N–H and O–H groups in total. The molecule has 2 rings (SSSR count). The topological polar surface area (TPSA) is 46.6 Å². The monoisotopic (exact) mass is 251 g/mol. The van der Waals surface area contributed by atoms with Gasteiger partial charge >= 0.3 is 0 Å². The molecule has 1 aliphatic rings. The smallest absolute Gasteiger partial charge is 0.213 e. The van der Waals surface area contributed by atoms with Crippen molar-refractivity contribution in [2.24, 2.45) is 0 Å². The largest absolute Gasteiger partial charge is 0.475 e. The Morgan fingerprint density at radius 2 is 2.33 bits per heavy atom. The van der Waals surface area contributed by atoms with E-state index in [4.69, 9.17) is 9.47 Å². The molecule has 0 aromatic carbocycles. The molecule has 1 saturated heterocycles. The highest BCUT2D eigenvalue weighted by Gasteiger charge is 2.18. The molecule has 1 aliphatic heterocycles. The predicted molar refractivity (Wildman–Crippen MR) is 71.1 cm³/mol. The molecule has 0 bridgehead atoms. The number of methoxy groups -OCH3 is 1. The fourth-order valence-electron chi connectivity index (χ4n) is 2.07. The third-order valence-electron chi connectivity index (χ3n) is 3.04. The first kappa shape index (κ1) is 13.1. The van der Waals surface area contributed by atoms with Crippen LogP contribution in [0.5, 0.6) is 5.88 Å². The second kappa shape index (κ2) is 6.56. The summed E-state index contributed by atoms with van der Waals surface area (Å²) >= 11 is 0. The number of anilines is 1. The SMILES string of the molecule is COCCOc1ccc(NC2CCN(C)C2)cn1. The van der Waals surface area contributed by atoms with Crippen molar-refractivity contribution in [3.63, 3.8) is 0 Å². The maximum atomic E-state index is 5.42. The van der Waals surface area contributed by atoms with Crippen molar-refractivity contribution in [1.82, 2.24) is 9.88 Å². The van der Waals surface area contributed by atoms with Crippen molar-refractivity contribution in [2.75, 3.05) is 45.8 Å². The molecule has 1 fully saturated rings. The Kier molecular flexibility index (Phi) is 4.78. The minimum absolute atomic E-state index is 0.525. The van der Waals surface area contributed by atoms with Crippen molar-refractivity contribution in [2.45, 2.75) is 12.5 Å². The van der Waals surface area contributed by atoms with Crippen LogP contribution >= 0.6 is 0 Å². The summed E-state index contributed by atoms with van der Waals surface area (Å²) in [5, 5.41) is 3.48. The Labute approximate surface area is 108 Å². The Bertz CT molecular complexity index is 356. The molecule has 5 nitrogen and oxygen atoms in total. The lowest BCUT2D eigenvalue weighted by atomic mass is 10.2. The first-order valence-corrected chi connectivity index (χ1v) is 6.31. The molecule has 0 saturated carbocycles. The van der Waals surface area contributed by atoms with Crippen LogP contribution in [-0.4, -0.2) is 56.4 Å². The molecule has 1 aromatic rings. The van der Waals surface area contributed by atoms with Crippen LogP contribution in [0.2, 0.25) is 0 Å². The molecule has 1 atom stereocenters. The first-order chi connectivity index (χ1) is 8.78. The molecule has 0 amide bonds. The van der Waals surface area contributed by atoms with Crippen LogP contribution in [0.1, 0.15) is 6.42 Å². The van der Waals surface area contributed by atoms with E-state index in [0.29, 0.717) is 25.1 Å². The average molecular weight is 251 g/mol. The lowest BCUT2D eigenvalue weighted by molar-refractivity contribution is 0.144. The summed E-state index contributed by atoms with van der Waals surface area (Å²) in [6.07, 6.45) is 3.00. The number of nitrogens with one attached hydrogen (secondary N) is 1. The number of rotatable bonds is 6. The van der Waals surface area contributed by atoms with Crippen molar-refractivity contribution in [1.29, 1.82) is 0 Å². The van der Waals surface area contributed by atoms with Gasteiger partial charge in [0, 0.05) is 25.8 Å². The summed E-state index contributed by atoms with van der Waals surface area (Å²) in [6, 6.07) is 4.42. The minimum atomic E-state index is 0.525. The van der Waals surface area contributed by atoms with Crippen molar-refractivity contribution >= 4 is 5.69 Å². The Morgan fingerprint density at radius 1 is 1.44 bits per heavy atom. The van der Waals surface area contributed by atoms with Crippen molar-refractivity contribution < 1.29 is 9.47 Å². The van der Waals surface area contributed by atoms with Crippen LogP contribution in [0, 0.1) is 0 Å². The first-order valence-electron chi connectivity index (χ1n) is 6.31. The van der Waals surface area contributed by atoms with Crippen LogP contribution in [0.25, 0.3) is 0 Å². The van der Waals surface area contributed by atoms with Crippen LogP contribution in [0.15, 0.2) is 18.3 Å². The summed E-state index contributed by atoms with van der Waals surface area (Å²) in [7, 11) is 3.80. The standard InChI is InChI=1S/C13H21N3O2/c1-16-6-5-12(10-16)15-11-3-4-13(14-9-11)18-8-7-17-2/h3-4,9,12,15H,5-8,10H2,1-2H3. The lowest BCUT2D eigenvalue weighted by Gasteiger charge is -2.14.